The Kier molecular flexibility index (Phi) is 8.91. The number of carbonyl (C=O) groups is 6. The highest BCUT2D eigenvalue weighted by atomic mass is 16.5. The number of hydrogen-bond donors (Lipinski definition) is 4. The lowest BCUT2D eigenvalue weighted by molar-refractivity contribution is -0.577. The Morgan fingerprint density at radius 1 is 0.705 bits per heavy atom. The third-order valence-electron chi connectivity index (χ3n) is 11.1. The minimum Gasteiger partial charge on any atom is -0.618 e. The largest absolute Gasteiger partial charge is 0.618 e. The maximum atomic E-state index is 13.0. The molecule has 0 unspecified atom stereocenters. The molecule has 2 atom stereocenters. The molecule has 2 saturated heterocycles. The van der Waals surface area contributed by atoms with Gasteiger partial charge in [-0.1, -0.05) is 12.1 Å². The first-order valence-corrected chi connectivity index (χ1v) is 18.9. The van der Waals surface area contributed by atoms with E-state index in [2.05, 4.69) is 26.3 Å². The molecule has 19 nitrogen and oxygen atoms in total. The van der Waals surface area contributed by atoms with Crippen molar-refractivity contribution >= 4 is 57.9 Å². The molecule has 0 bridgehead atoms. The molecule has 0 aliphatic carbocycles. The van der Waals surface area contributed by atoms with Crippen LogP contribution >= 0.6 is 0 Å². The second kappa shape index (κ2) is 14.1. The number of pyridine rings is 2. The van der Waals surface area contributed by atoms with E-state index >= 15 is 0 Å². The molecule has 19 heteroatoms. The number of amides is 8. The summed E-state index contributed by atoms with van der Waals surface area (Å²) in [5.41, 5.74) is 2.50. The van der Waals surface area contributed by atoms with Crippen LogP contribution in [0.2, 0.25) is 0 Å². The normalized spacial score (nSPS) is 20.3. The molecule has 4 aliphatic heterocycles. The molecule has 61 heavy (non-hydrogen) atoms. The monoisotopic (exact) mass is 828 g/mol. The fourth-order valence-corrected chi connectivity index (χ4v) is 8.08. The van der Waals surface area contributed by atoms with Crippen LogP contribution < -0.4 is 35.5 Å². The van der Waals surface area contributed by atoms with Crippen molar-refractivity contribution in [2.24, 2.45) is 0 Å². The minimum atomic E-state index is -1.67. The van der Waals surface area contributed by atoms with Crippen molar-refractivity contribution in [1.29, 1.82) is 0 Å². The summed E-state index contributed by atoms with van der Waals surface area (Å²) in [5.74, 6) is -0.373. The smallest absolute Gasteiger partial charge is 0.322 e. The van der Waals surface area contributed by atoms with E-state index < -0.39 is 35.0 Å². The second-order valence-electron chi connectivity index (χ2n) is 15.2. The Morgan fingerprint density at radius 3 is 1.72 bits per heavy atom. The van der Waals surface area contributed by atoms with E-state index in [1.165, 1.54) is 36.3 Å². The van der Waals surface area contributed by atoms with Gasteiger partial charge in [0.2, 0.25) is 0 Å². The Morgan fingerprint density at radius 2 is 1.21 bits per heavy atom. The lowest BCUT2D eigenvalue weighted by Gasteiger charge is -2.28. The summed E-state index contributed by atoms with van der Waals surface area (Å²) in [7, 11) is 3.04. The number of aromatic nitrogens is 2. The number of urea groups is 2. The molecule has 6 aromatic rings. The summed E-state index contributed by atoms with van der Waals surface area (Å²) < 4.78 is 22.8. The number of nitrogens with one attached hydrogen (secondary N) is 4. The number of benzene rings is 2. The maximum Gasteiger partial charge on any atom is 0.322 e. The first kappa shape index (κ1) is 38.6. The van der Waals surface area contributed by atoms with Gasteiger partial charge in [0.25, 0.3) is 29.1 Å². The van der Waals surface area contributed by atoms with Crippen LogP contribution in [0.15, 0.2) is 81.9 Å². The van der Waals surface area contributed by atoms with Gasteiger partial charge in [0.1, 0.15) is 28.5 Å². The van der Waals surface area contributed by atoms with Crippen molar-refractivity contribution in [2.75, 3.05) is 27.3 Å². The zero-order valence-corrected chi connectivity index (χ0v) is 33.0. The van der Waals surface area contributed by atoms with E-state index in [9.17, 15) is 34.0 Å². The average molecular weight is 829 g/mol. The van der Waals surface area contributed by atoms with Crippen molar-refractivity contribution in [1.82, 2.24) is 36.1 Å². The lowest BCUT2D eigenvalue weighted by Crippen LogP contribution is -2.52. The molecule has 0 saturated carbocycles. The molecule has 10 rings (SSSR count). The average Bonchev–Trinajstić information content (AvgIpc) is 4.08. The van der Waals surface area contributed by atoms with Crippen LogP contribution in [0.3, 0.4) is 0 Å². The number of furan rings is 2. The maximum absolute atomic E-state index is 13.0. The fourth-order valence-electron chi connectivity index (χ4n) is 8.08. The topological polar surface area (TPSA) is 242 Å². The molecule has 2 aromatic carbocycles. The third kappa shape index (κ3) is 6.37. The summed E-state index contributed by atoms with van der Waals surface area (Å²) in [6, 6.07) is 15.6. The van der Waals surface area contributed by atoms with Crippen molar-refractivity contribution in [3.8, 4) is 11.5 Å². The lowest BCUT2D eigenvalue weighted by atomic mass is 9.95. The first-order valence-electron chi connectivity index (χ1n) is 18.9. The number of nitrogens with zero attached hydrogens (tertiary/aromatic N) is 4. The molecule has 0 radical (unpaired) electrons. The highest BCUT2D eigenvalue weighted by Crippen LogP contribution is 2.36. The predicted molar refractivity (Wildman–Crippen MR) is 211 cm³/mol. The van der Waals surface area contributed by atoms with Crippen LogP contribution in [0.4, 0.5) is 9.59 Å². The molecule has 8 amide bonds. The van der Waals surface area contributed by atoms with Crippen LogP contribution in [0.5, 0.6) is 11.5 Å². The quantitative estimate of drug-likeness (QED) is 0.0984. The van der Waals surface area contributed by atoms with Gasteiger partial charge in [-0.05, 0) is 66.9 Å². The van der Waals surface area contributed by atoms with Crippen molar-refractivity contribution < 1.29 is 51.8 Å². The van der Waals surface area contributed by atoms with Crippen LogP contribution in [0.1, 0.15) is 54.5 Å². The molecule has 310 valence electrons. The minimum absolute atomic E-state index is 0.0717. The fraction of sp³-hybridized carbons (Fsp3) is 0.238. The number of ether oxygens (including phenoxy) is 2. The number of carbonyl (C=O) groups excluding carboxylic acids is 6. The SMILES string of the molecule is COc1ccc2c(c1)C(=O)N(C[C@@]1(c3cc4c(cc(C)c[n+]4[O-])o3)NC(=O)NC1=O)C2.COc1ccc2c(c1)C(=O)N(C[C@@]1(c3cc4ncc(C)cc4o3)NC(=O)NC1=O)C2. The van der Waals surface area contributed by atoms with Crippen LogP contribution in [-0.2, 0) is 33.8 Å². The van der Waals surface area contributed by atoms with Gasteiger partial charge in [-0.15, -0.1) is 0 Å². The summed E-state index contributed by atoms with van der Waals surface area (Å²) >= 11 is 0. The van der Waals surface area contributed by atoms with Crippen molar-refractivity contribution in [2.45, 2.75) is 38.0 Å². The molecule has 4 aromatic heterocycles. The zero-order valence-electron chi connectivity index (χ0n) is 33.0. The van der Waals surface area contributed by atoms with Gasteiger partial charge in [0, 0.05) is 42.0 Å². The molecule has 0 spiro atoms. The number of aryl methyl sites for hydroxylation is 2. The number of imide groups is 2. The highest BCUT2D eigenvalue weighted by Gasteiger charge is 2.54. The number of methoxy groups -OCH3 is 2. The Hall–Kier alpha value is -7.96. The van der Waals surface area contributed by atoms with E-state index in [1.54, 1.807) is 61.7 Å². The zero-order chi connectivity index (χ0) is 43.0. The van der Waals surface area contributed by atoms with Crippen LogP contribution in [0, 0.1) is 19.1 Å². The Bertz CT molecular complexity index is 2900. The van der Waals surface area contributed by atoms with Gasteiger partial charge >= 0.3 is 12.1 Å². The number of fused-ring (bicyclic) bond motifs is 4. The number of hydrogen-bond acceptors (Lipinski definition) is 12. The summed E-state index contributed by atoms with van der Waals surface area (Å²) in [4.78, 5) is 83.2. The predicted octanol–water partition coefficient (Wildman–Crippen LogP) is 2.91. The first-order chi connectivity index (χ1) is 29.2. The Balaban J connectivity index is 0.000000156. The van der Waals surface area contributed by atoms with Crippen LogP contribution in [-0.4, -0.2) is 77.8 Å². The molecule has 2 fully saturated rings. The van der Waals surface area contributed by atoms with Gasteiger partial charge in [0.05, 0.1) is 33.4 Å². The molecule has 8 heterocycles. The standard InChI is InChI=1S/C21H18N4O6.C21H18N4O5/c1-11-5-16-15(25(29)8-11)7-17(31-16)21(19(27)22-20(28)23-21)10-24-9-12-3-4-13(30-2)6-14(12)18(24)26;1-11-5-16-15(22-8-11)7-17(30-16)21(19(27)23-20(28)24-21)10-25-9-12-3-4-13(29-2)6-14(12)18(25)26/h3-8H,9-10H2,1-2H3,(H2,22,23,27,28);3-8H,9-10H2,1-2H3,(H2,23,24,27,28)/t2*21-/m00/s1. The van der Waals surface area contributed by atoms with Gasteiger partial charge in [-0.2, -0.15) is 4.73 Å². The summed E-state index contributed by atoms with van der Waals surface area (Å²) in [6.07, 6.45) is 3.07. The van der Waals surface area contributed by atoms with E-state index in [1.807, 2.05) is 13.0 Å². The van der Waals surface area contributed by atoms with E-state index in [0.29, 0.717) is 50.6 Å². The van der Waals surface area contributed by atoms with E-state index in [-0.39, 0.29) is 54.1 Å². The molecule has 4 N–H and O–H groups in total. The number of rotatable bonds is 8. The highest BCUT2D eigenvalue weighted by molar-refractivity contribution is 6.09. The molecule has 4 aliphatic rings. The molecular formula is C42H36N8O11. The van der Waals surface area contributed by atoms with Crippen molar-refractivity contribution in [3.05, 3.63) is 123 Å². The Labute approximate surface area is 345 Å². The summed E-state index contributed by atoms with van der Waals surface area (Å²) in [5, 5.41) is 22.0. The summed E-state index contributed by atoms with van der Waals surface area (Å²) in [6.45, 7) is 3.93. The van der Waals surface area contributed by atoms with E-state index in [4.69, 9.17) is 18.3 Å². The van der Waals surface area contributed by atoms with Crippen LogP contribution in [0.25, 0.3) is 22.2 Å². The van der Waals surface area contributed by atoms with E-state index in [0.717, 1.165) is 16.7 Å². The third-order valence-corrected chi connectivity index (χ3v) is 11.1. The van der Waals surface area contributed by atoms with Gasteiger partial charge in [0.15, 0.2) is 28.4 Å². The van der Waals surface area contributed by atoms with Gasteiger partial charge in [-0.25, -0.2) is 9.59 Å². The second-order valence-corrected chi connectivity index (χ2v) is 15.2. The molecular weight excluding hydrogens is 793 g/mol. The van der Waals surface area contributed by atoms with Gasteiger partial charge < -0.3 is 43.9 Å². The van der Waals surface area contributed by atoms with Gasteiger partial charge in [-0.3, -0.25) is 34.8 Å². The van der Waals surface area contributed by atoms with Crippen molar-refractivity contribution in [3.63, 3.8) is 0 Å².